The number of rotatable bonds is 5. The van der Waals surface area contributed by atoms with Gasteiger partial charge in [-0.1, -0.05) is 38.2 Å². The standard InChI is InChI=1S/C11H20O/c1-9(2)5-6-11(7-8-12)10(3)4/h5-6,10-12H,1,7-8H2,2-4H3/b6-5+/t11-/m0/s1. The van der Waals surface area contributed by atoms with Crippen LogP contribution in [0.5, 0.6) is 0 Å². The van der Waals surface area contributed by atoms with E-state index in [9.17, 15) is 0 Å². The van der Waals surface area contributed by atoms with E-state index in [0.717, 1.165) is 12.0 Å². The van der Waals surface area contributed by atoms with Gasteiger partial charge in [0, 0.05) is 6.61 Å². The highest BCUT2D eigenvalue weighted by molar-refractivity contribution is 5.12. The molecular weight excluding hydrogens is 148 g/mol. The predicted octanol–water partition coefficient (Wildman–Crippen LogP) is 2.77. The summed E-state index contributed by atoms with van der Waals surface area (Å²) in [5.41, 5.74) is 1.07. The minimum Gasteiger partial charge on any atom is -0.396 e. The summed E-state index contributed by atoms with van der Waals surface area (Å²) in [4.78, 5) is 0. The largest absolute Gasteiger partial charge is 0.396 e. The van der Waals surface area contributed by atoms with Crippen LogP contribution in [0, 0.1) is 11.8 Å². The molecule has 0 radical (unpaired) electrons. The van der Waals surface area contributed by atoms with E-state index in [0.29, 0.717) is 11.8 Å². The molecule has 12 heavy (non-hydrogen) atoms. The Bertz CT molecular complexity index is 156. The average molecular weight is 168 g/mol. The van der Waals surface area contributed by atoms with Gasteiger partial charge < -0.3 is 5.11 Å². The van der Waals surface area contributed by atoms with E-state index in [-0.39, 0.29) is 6.61 Å². The summed E-state index contributed by atoms with van der Waals surface area (Å²) in [6, 6.07) is 0. The summed E-state index contributed by atoms with van der Waals surface area (Å²) in [6.45, 7) is 10.4. The minimum atomic E-state index is 0.267. The SMILES string of the molecule is C=C(C)/C=C/[C@@H](CCO)C(C)C. The van der Waals surface area contributed by atoms with Crippen LogP contribution in [0.3, 0.4) is 0 Å². The number of aliphatic hydroxyl groups is 1. The molecule has 0 amide bonds. The number of hydrogen-bond acceptors (Lipinski definition) is 1. The fourth-order valence-corrected chi connectivity index (χ4v) is 1.09. The summed E-state index contributed by atoms with van der Waals surface area (Å²) in [6.07, 6.45) is 5.02. The molecule has 0 fully saturated rings. The van der Waals surface area contributed by atoms with Crippen LogP contribution in [0.15, 0.2) is 24.3 Å². The lowest BCUT2D eigenvalue weighted by atomic mass is 9.92. The Morgan fingerprint density at radius 1 is 1.50 bits per heavy atom. The van der Waals surface area contributed by atoms with Crippen LogP contribution in [-0.2, 0) is 0 Å². The second kappa shape index (κ2) is 6.01. The smallest absolute Gasteiger partial charge is 0.0436 e. The second-order valence-corrected chi connectivity index (χ2v) is 3.63. The second-order valence-electron chi connectivity index (χ2n) is 3.63. The highest BCUT2D eigenvalue weighted by Gasteiger charge is 2.07. The lowest BCUT2D eigenvalue weighted by Gasteiger charge is -2.14. The lowest BCUT2D eigenvalue weighted by molar-refractivity contribution is 0.252. The van der Waals surface area contributed by atoms with Gasteiger partial charge in [0.05, 0.1) is 0 Å². The van der Waals surface area contributed by atoms with Crippen LogP contribution in [-0.4, -0.2) is 11.7 Å². The molecular formula is C11H20O. The van der Waals surface area contributed by atoms with Gasteiger partial charge in [-0.25, -0.2) is 0 Å². The van der Waals surface area contributed by atoms with Crippen LogP contribution < -0.4 is 0 Å². The van der Waals surface area contributed by atoms with Crippen LogP contribution in [0.1, 0.15) is 27.2 Å². The molecule has 0 aliphatic heterocycles. The molecule has 0 spiro atoms. The van der Waals surface area contributed by atoms with Crippen molar-refractivity contribution in [3.63, 3.8) is 0 Å². The highest BCUT2D eigenvalue weighted by atomic mass is 16.3. The third-order valence-electron chi connectivity index (χ3n) is 1.95. The van der Waals surface area contributed by atoms with Crippen molar-refractivity contribution in [2.24, 2.45) is 11.8 Å². The molecule has 1 N–H and O–H groups in total. The van der Waals surface area contributed by atoms with Crippen LogP contribution in [0.25, 0.3) is 0 Å². The molecule has 0 unspecified atom stereocenters. The summed E-state index contributed by atoms with van der Waals surface area (Å²) in [5, 5.41) is 8.79. The first-order chi connectivity index (χ1) is 5.57. The molecule has 0 bridgehead atoms. The van der Waals surface area contributed by atoms with E-state index in [1.165, 1.54) is 0 Å². The first kappa shape index (κ1) is 11.4. The van der Waals surface area contributed by atoms with Gasteiger partial charge in [-0.05, 0) is 25.2 Å². The average Bonchev–Trinajstić information content (AvgIpc) is 1.96. The van der Waals surface area contributed by atoms with E-state index < -0.39 is 0 Å². The Kier molecular flexibility index (Phi) is 5.73. The first-order valence-electron chi connectivity index (χ1n) is 4.52. The highest BCUT2D eigenvalue weighted by Crippen LogP contribution is 2.16. The fraction of sp³-hybridized carbons (Fsp3) is 0.636. The molecule has 0 saturated carbocycles. The molecule has 0 aliphatic carbocycles. The van der Waals surface area contributed by atoms with Gasteiger partial charge >= 0.3 is 0 Å². The van der Waals surface area contributed by atoms with E-state index in [1.54, 1.807) is 0 Å². The molecule has 1 heteroatoms. The zero-order valence-corrected chi connectivity index (χ0v) is 8.38. The monoisotopic (exact) mass is 168 g/mol. The summed E-state index contributed by atoms with van der Waals surface area (Å²) in [7, 11) is 0. The summed E-state index contributed by atoms with van der Waals surface area (Å²) < 4.78 is 0. The molecule has 0 rings (SSSR count). The summed E-state index contributed by atoms with van der Waals surface area (Å²) in [5.74, 6) is 1.07. The van der Waals surface area contributed by atoms with Crippen molar-refractivity contribution >= 4 is 0 Å². The Hall–Kier alpha value is -0.560. The molecule has 0 aromatic heterocycles. The number of hydrogen-bond donors (Lipinski definition) is 1. The zero-order chi connectivity index (χ0) is 9.56. The molecule has 0 aliphatic rings. The minimum absolute atomic E-state index is 0.267. The van der Waals surface area contributed by atoms with Crippen molar-refractivity contribution in [3.05, 3.63) is 24.3 Å². The first-order valence-corrected chi connectivity index (χ1v) is 4.52. The number of allylic oxidation sites excluding steroid dienone is 3. The molecule has 0 heterocycles. The fourth-order valence-electron chi connectivity index (χ4n) is 1.09. The van der Waals surface area contributed by atoms with E-state index in [1.807, 2.05) is 13.0 Å². The maximum Gasteiger partial charge on any atom is 0.0436 e. The van der Waals surface area contributed by atoms with E-state index in [2.05, 4.69) is 26.5 Å². The van der Waals surface area contributed by atoms with E-state index in [4.69, 9.17) is 5.11 Å². The van der Waals surface area contributed by atoms with Gasteiger partial charge in [-0.15, -0.1) is 0 Å². The van der Waals surface area contributed by atoms with Crippen molar-refractivity contribution in [1.82, 2.24) is 0 Å². The Balaban J connectivity index is 4.03. The topological polar surface area (TPSA) is 20.2 Å². The van der Waals surface area contributed by atoms with Crippen molar-refractivity contribution in [3.8, 4) is 0 Å². The van der Waals surface area contributed by atoms with E-state index >= 15 is 0 Å². The molecule has 1 nitrogen and oxygen atoms in total. The Labute approximate surface area is 75.8 Å². The maximum absolute atomic E-state index is 8.79. The van der Waals surface area contributed by atoms with Crippen LogP contribution >= 0.6 is 0 Å². The predicted molar refractivity (Wildman–Crippen MR) is 54.0 cm³/mol. The lowest BCUT2D eigenvalue weighted by Crippen LogP contribution is -2.07. The Morgan fingerprint density at radius 3 is 2.42 bits per heavy atom. The third kappa shape index (κ3) is 5.14. The van der Waals surface area contributed by atoms with Crippen LogP contribution in [0.4, 0.5) is 0 Å². The van der Waals surface area contributed by atoms with Crippen LogP contribution in [0.2, 0.25) is 0 Å². The molecule has 0 saturated heterocycles. The molecule has 0 aromatic rings. The third-order valence-corrected chi connectivity index (χ3v) is 1.95. The molecule has 1 atom stereocenters. The van der Waals surface area contributed by atoms with Crippen molar-refractivity contribution < 1.29 is 5.11 Å². The van der Waals surface area contributed by atoms with Gasteiger partial charge in [-0.3, -0.25) is 0 Å². The van der Waals surface area contributed by atoms with Crippen molar-refractivity contribution in [2.45, 2.75) is 27.2 Å². The van der Waals surface area contributed by atoms with Gasteiger partial charge in [-0.2, -0.15) is 0 Å². The van der Waals surface area contributed by atoms with Gasteiger partial charge in [0.15, 0.2) is 0 Å². The zero-order valence-electron chi connectivity index (χ0n) is 8.38. The summed E-state index contributed by atoms with van der Waals surface area (Å²) >= 11 is 0. The normalized spacial score (nSPS) is 14.1. The molecule has 70 valence electrons. The quantitative estimate of drug-likeness (QED) is 0.626. The van der Waals surface area contributed by atoms with Gasteiger partial charge in [0.1, 0.15) is 0 Å². The van der Waals surface area contributed by atoms with Gasteiger partial charge in [0.25, 0.3) is 0 Å². The van der Waals surface area contributed by atoms with Crippen molar-refractivity contribution in [2.75, 3.05) is 6.61 Å². The maximum atomic E-state index is 8.79. The molecule has 0 aromatic carbocycles. The van der Waals surface area contributed by atoms with Crippen molar-refractivity contribution in [1.29, 1.82) is 0 Å². The van der Waals surface area contributed by atoms with Gasteiger partial charge in [0.2, 0.25) is 0 Å². The number of aliphatic hydroxyl groups excluding tert-OH is 1. The Morgan fingerprint density at radius 2 is 2.08 bits per heavy atom.